The van der Waals surface area contributed by atoms with Crippen molar-refractivity contribution < 1.29 is 13.9 Å². The third-order valence-electron chi connectivity index (χ3n) is 5.71. The van der Waals surface area contributed by atoms with E-state index < -0.39 is 0 Å². The van der Waals surface area contributed by atoms with Crippen molar-refractivity contribution >= 4 is 34.2 Å². The first-order chi connectivity index (χ1) is 15.9. The topological polar surface area (TPSA) is 50.4 Å². The number of thiocarbonyl (C=S) groups is 1. The molecule has 1 fully saturated rings. The lowest BCUT2D eigenvalue weighted by atomic mass is 9.94. The van der Waals surface area contributed by atoms with Crippen LogP contribution in [0.25, 0.3) is 0 Å². The van der Waals surface area contributed by atoms with Gasteiger partial charge in [0.2, 0.25) is 5.91 Å². The highest BCUT2D eigenvalue weighted by Gasteiger charge is 2.29. The number of thioether (sulfide) groups is 1. The molecule has 170 valence electrons. The second-order valence-corrected chi connectivity index (χ2v) is 9.86. The second kappa shape index (κ2) is 10.5. The zero-order valence-corrected chi connectivity index (χ0v) is 20.0. The van der Waals surface area contributed by atoms with Crippen LogP contribution in [-0.4, -0.2) is 22.6 Å². The van der Waals surface area contributed by atoms with E-state index in [9.17, 15) is 9.18 Å². The number of hydrogen-bond acceptors (Lipinski definition) is 5. The Bertz CT molecular complexity index is 1140. The summed E-state index contributed by atoms with van der Waals surface area (Å²) in [4.78, 5) is 12.1. The quantitative estimate of drug-likeness (QED) is 0.427. The number of hydrogen-bond donors (Lipinski definition) is 2. The summed E-state index contributed by atoms with van der Waals surface area (Å²) in [5, 5.41) is 6.19. The van der Waals surface area contributed by atoms with Crippen molar-refractivity contribution in [3.8, 4) is 5.75 Å². The fourth-order valence-corrected chi connectivity index (χ4v) is 5.23. The highest BCUT2D eigenvalue weighted by Crippen LogP contribution is 2.30. The number of amides is 1. The monoisotopic (exact) mass is 480 g/mol. The Morgan fingerprint density at radius 1 is 1.06 bits per heavy atom. The van der Waals surface area contributed by atoms with Gasteiger partial charge in [0.1, 0.15) is 15.9 Å². The summed E-state index contributed by atoms with van der Waals surface area (Å²) < 4.78 is 19.3. The lowest BCUT2D eigenvalue weighted by molar-refractivity contribution is -0.118. The Kier molecular flexibility index (Phi) is 7.42. The number of ether oxygens (including phenoxy) is 1. The van der Waals surface area contributed by atoms with Gasteiger partial charge in [-0.05, 0) is 59.9 Å². The lowest BCUT2D eigenvalue weighted by Gasteiger charge is -2.25. The molecule has 3 atom stereocenters. The number of methoxy groups -OCH3 is 1. The molecule has 3 aromatic carbocycles. The molecule has 0 saturated carbocycles. The van der Waals surface area contributed by atoms with Gasteiger partial charge in [-0.15, -0.1) is 0 Å². The number of nitrogens with one attached hydrogen (secondary N) is 2. The van der Waals surface area contributed by atoms with Gasteiger partial charge in [0.05, 0.1) is 18.4 Å². The highest BCUT2D eigenvalue weighted by atomic mass is 32.2. The SMILES string of the molecule is COc1ccc(C(NC(C)c2ccc(F)cc2)c2cccc(CC3SC(=S)NC3=O)c2)cc1. The normalized spacial score (nSPS) is 17.5. The van der Waals surface area contributed by atoms with Crippen molar-refractivity contribution in [3.63, 3.8) is 0 Å². The Balaban J connectivity index is 1.63. The molecule has 0 bridgehead atoms. The zero-order chi connectivity index (χ0) is 23.4. The van der Waals surface area contributed by atoms with Crippen molar-refractivity contribution in [2.75, 3.05) is 7.11 Å². The van der Waals surface area contributed by atoms with Crippen LogP contribution in [0.5, 0.6) is 5.75 Å². The van der Waals surface area contributed by atoms with Gasteiger partial charge in [-0.1, -0.05) is 72.5 Å². The highest BCUT2D eigenvalue weighted by molar-refractivity contribution is 8.24. The lowest BCUT2D eigenvalue weighted by Crippen LogP contribution is -2.26. The third kappa shape index (κ3) is 5.79. The molecule has 2 N–H and O–H groups in total. The molecule has 4 nitrogen and oxygen atoms in total. The summed E-state index contributed by atoms with van der Waals surface area (Å²) in [6.45, 7) is 2.06. The van der Waals surface area contributed by atoms with Gasteiger partial charge in [0, 0.05) is 6.04 Å². The molecule has 0 radical (unpaired) electrons. The molecular formula is C26H25FN2O2S2. The van der Waals surface area contributed by atoms with Crippen LogP contribution >= 0.6 is 24.0 Å². The molecule has 0 spiro atoms. The minimum Gasteiger partial charge on any atom is -0.497 e. The Morgan fingerprint density at radius 2 is 1.76 bits per heavy atom. The fourth-order valence-electron chi connectivity index (χ4n) is 3.92. The van der Waals surface area contributed by atoms with Gasteiger partial charge in [-0.2, -0.15) is 0 Å². The van der Waals surface area contributed by atoms with Gasteiger partial charge in [-0.25, -0.2) is 4.39 Å². The smallest absolute Gasteiger partial charge is 0.239 e. The maximum Gasteiger partial charge on any atom is 0.239 e. The van der Waals surface area contributed by atoms with Crippen LogP contribution in [-0.2, 0) is 11.2 Å². The zero-order valence-electron chi connectivity index (χ0n) is 18.4. The molecule has 33 heavy (non-hydrogen) atoms. The van der Waals surface area contributed by atoms with E-state index in [1.807, 2.05) is 36.4 Å². The van der Waals surface area contributed by atoms with Crippen molar-refractivity contribution in [2.24, 2.45) is 0 Å². The Hall–Kier alpha value is -2.74. The van der Waals surface area contributed by atoms with E-state index in [0.29, 0.717) is 10.7 Å². The first-order valence-electron chi connectivity index (χ1n) is 10.7. The molecule has 4 rings (SSSR count). The van der Waals surface area contributed by atoms with Crippen molar-refractivity contribution in [3.05, 3.63) is 101 Å². The molecule has 0 aromatic heterocycles. The van der Waals surface area contributed by atoms with Gasteiger partial charge in [-0.3, -0.25) is 10.1 Å². The van der Waals surface area contributed by atoms with Gasteiger partial charge >= 0.3 is 0 Å². The predicted molar refractivity (Wildman–Crippen MR) is 135 cm³/mol. The van der Waals surface area contributed by atoms with Gasteiger partial charge < -0.3 is 10.1 Å². The molecule has 1 saturated heterocycles. The van der Waals surface area contributed by atoms with Crippen LogP contribution in [0.15, 0.2) is 72.8 Å². The predicted octanol–water partition coefficient (Wildman–Crippen LogP) is 5.33. The standard InChI is InChI=1S/C26H25FN2O2S2/c1-16(18-6-10-21(27)11-7-18)28-24(19-8-12-22(31-2)13-9-19)20-5-3-4-17(14-20)15-23-25(30)29-26(32)33-23/h3-14,16,23-24,28H,15H2,1-2H3,(H,29,30,32). The van der Waals surface area contributed by atoms with Gasteiger partial charge in [0.25, 0.3) is 0 Å². The molecule has 3 unspecified atom stereocenters. The summed E-state index contributed by atoms with van der Waals surface area (Å²) in [6.07, 6.45) is 0.604. The summed E-state index contributed by atoms with van der Waals surface area (Å²) in [5.41, 5.74) is 4.23. The molecule has 1 heterocycles. The van der Waals surface area contributed by atoms with E-state index in [4.69, 9.17) is 17.0 Å². The maximum absolute atomic E-state index is 13.4. The average molecular weight is 481 g/mol. The Labute approximate surface area is 202 Å². The minimum absolute atomic E-state index is 0.0186. The number of benzene rings is 3. The molecule has 7 heteroatoms. The average Bonchev–Trinajstić information content (AvgIpc) is 3.14. The van der Waals surface area contributed by atoms with Crippen LogP contribution in [0.4, 0.5) is 4.39 Å². The number of halogens is 1. The van der Waals surface area contributed by atoms with Crippen molar-refractivity contribution in [2.45, 2.75) is 30.7 Å². The van der Waals surface area contributed by atoms with E-state index in [1.54, 1.807) is 19.2 Å². The van der Waals surface area contributed by atoms with E-state index in [2.05, 4.69) is 29.7 Å². The van der Waals surface area contributed by atoms with Crippen molar-refractivity contribution in [1.82, 2.24) is 10.6 Å². The summed E-state index contributed by atoms with van der Waals surface area (Å²) in [6, 6.07) is 22.7. The summed E-state index contributed by atoms with van der Waals surface area (Å²) in [5.74, 6) is 0.502. The van der Waals surface area contributed by atoms with E-state index in [0.717, 1.165) is 28.0 Å². The van der Waals surface area contributed by atoms with E-state index in [1.165, 1.54) is 23.9 Å². The van der Waals surface area contributed by atoms with Crippen LogP contribution in [0.3, 0.4) is 0 Å². The van der Waals surface area contributed by atoms with Crippen LogP contribution in [0.1, 0.15) is 41.3 Å². The fraction of sp³-hybridized carbons (Fsp3) is 0.231. The summed E-state index contributed by atoms with van der Waals surface area (Å²) >= 11 is 6.53. The molecule has 3 aromatic rings. The number of carbonyl (C=O) groups excluding carboxylic acids is 1. The maximum atomic E-state index is 13.4. The second-order valence-electron chi connectivity index (χ2n) is 7.98. The molecule has 0 aliphatic carbocycles. The third-order valence-corrected chi connectivity index (χ3v) is 7.08. The van der Waals surface area contributed by atoms with Gasteiger partial charge in [0.15, 0.2) is 0 Å². The largest absolute Gasteiger partial charge is 0.497 e. The van der Waals surface area contributed by atoms with Crippen molar-refractivity contribution in [1.29, 1.82) is 0 Å². The molecule has 1 amide bonds. The molecule has 1 aliphatic rings. The van der Waals surface area contributed by atoms with Crippen LogP contribution in [0, 0.1) is 5.82 Å². The molecular weight excluding hydrogens is 455 g/mol. The minimum atomic E-state index is -0.251. The number of rotatable bonds is 8. The number of carbonyl (C=O) groups is 1. The van der Waals surface area contributed by atoms with E-state index >= 15 is 0 Å². The first-order valence-corrected chi connectivity index (χ1v) is 12.0. The Morgan fingerprint density at radius 3 is 2.39 bits per heavy atom. The molecule has 1 aliphatic heterocycles. The van der Waals surface area contributed by atoms with Crippen LogP contribution < -0.4 is 15.4 Å². The van der Waals surface area contributed by atoms with Crippen LogP contribution in [0.2, 0.25) is 0 Å². The summed E-state index contributed by atoms with van der Waals surface area (Å²) in [7, 11) is 1.65. The van der Waals surface area contributed by atoms with E-state index in [-0.39, 0.29) is 29.1 Å². The first kappa shape index (κ1) is 23.4.